The van der Waals surface area contributed by atoms with Gasteiger partial charge in [0, 0.05) is 11.1 Å². The van der Waals surface area contributed by atoms with E-state index in [2.05, 4.69) is 17.1 Å². The fourth-order valence-electron chi connectivity index (χ4n) is 1.17. The standard InChI is InChI=1S/C10H9N.3BrH/c1-8-6-7-9-4-2-3-5-10(9)11-8;;;/h2-7H,1H3;3*1H. The van der Waals surface area contributed by atoms with Gasteiger partial charge in [0.15, 0.2) is 0 Å². The molecule has 0 unspecified atom stereocenters. The molecular formula is C10H12Br3N. The number of rotatable bonds is 0. The summed E-state index contributed by atoms with van der Waals surface area (Å²) in [7, 11) is 0. The molecule has 1 aromatic heterocycles. The number of aromatic nitrogens is 1. The van der Waals surface area contributed by atoms with E-state index in [-0.39, 0.29) is 50.9 Å². The van der Waals surface area contributed by atoms with Gasteiger partial charge in [0.2, 0.25) is 0 Å². The van der Waals surface area contributed by atoms with Gasteiger partial charge < -0.3 is 0 Å². The molecule has 0 aliphatic rings. The Morgan fingerprint density at radius 3 is 2.21 bits per heavy atom. The maximum Gasteiger partial charge on any atom is 0.0705 e. The first-order valence-electron chi connectivity index (χ1n) is 3.69. The molecule has 0 radical (unpaired) electrons. The van der Waals surface area contributed by atoms with Crippen molar-refractivity contribution in [1.82, 2.24) is 4.98 Å². The molecule has 1 heterocycles. The van der Waals surface area contributed by atoms with E-state index >= 15 is 0 Å². The SMILES string of the molecule is Br.Br.Br.Cc1ccc2ccccc2n1. The van der Waals surface area contributed by atoms with Crippen molar-refractivity contribution in [3.05, 3.63) is 42.1 Å². The minimum Gasteiger partial charge on any atom is -0.253 e. The molecule has 0 atom stereocenters. The monoisotopic (exact) mass is 383 g/mol. The zero-order chi connectivity index (χ0) is 7.68. The van der Waals surface area contributed by atoms with Crippen molar-refractivity contribution in [3.63, 3.8) is 0 Å². The molecule has 0 bridgehead atoms. The average molecular weight is 386 g/mol. The Kier molecular flexibility index (Phi) is 8.69. The van der Waals surface area contributed by atoms with Crippen LogP contribution in [0.1, 0.15) is 5.69 Å². The van der Waals surface area contributed by atoms with Crippen molar-refractivity contribution >= 4 is 61.8 Å². The summed E-state index contributed by atoms with van der Waals surface area (Å²) in [5.41, 5.74) is 2.15. The van der Waals surface area contributed by atoms with Crippen LogP contribution in [-0.2, 0) is 0 Å². The maximum atomic E-state index is 4.38. The van der Waals surface area contributed by atoms with E-state index in [9.17, 15) is 0 Å². The van der Waals surface area contributed by atoms with Crippen molar-refractivity contribution in [2.24, 2.45) is 0 Å². The molecule has 1 aromatic carbocycles. The average Bonchev–Trinajstić information content (AvgIpc) is 2.04. The largest absolute Gasteiger partial charge is 0.253 e. The highest BCUT2D eigenvalue weighted by Gasteiger charge is 1.90. The van der Waals surface area contributed by atoms with Crippen LogP contribution in [0.2, 0.25) is 0 Å². The summed E-state index contributed by atoms with van der Waals surface area (Å²) in [4.78, 5) is 4.38. The summed E-state index contributed by atoms with van der Waals surface area (Å²) in [6.07, 6.45) is 0. The quantitative estimate of drug-likeness (QED) is 0.659. The van der Waals surface area contributed by atoms with E-state index in [1.165, 1.54) is 5.39 Å². The molecule has 2 aromatic rings. The molecule has 0 fully saturated rings. The van der Waals surface area contributed by atoms with Gasteiger partial charge in [-0.25, -0.2) is 0 Å². The lowest BCUT2D eigenvalue weighted by Crippen LogP contribution is -1.80. The van der Waals surface area contributed by atoms with E-state index in [4.69, 9.17) is 0 Å². The Morgan fingerprint density at radius 1 is 0.857 bits per heavy atom. The number of hydrogen-bond acceptors (Lipinski definition) is 1. The molecular weight excluding hydrogens is 374 g/mol. The second-order valence-corrected chi connectivity index (χ2v) is 2.65. The molecule has 0 aliphatic heterocycles. The Hall–Kier alpha value is 0.0700. The smallest absolute Gasteiger partial charge is 0.0705 e. The van der Waals surface area contributed by atoms with Gasteiger partial charge in [-0.1, -0.05) is 24.3 Å². The van der Waals surface area contributed by atoms with Gasteiger partial charge in [0.1, 0.15) is 0 Å². The van der Waals surface area contributed by atoms with Crippen molar-refractivity contribution < 1.29 is 0 Å². The van der Waals surface area contributed by atoms with Crippen molar-refractivity contribution in [3.8, 4) is 0 Å². The van der Waals surface area contributed by atoms with Gasteiger partial charge in [-0.2, -0.15) is 0 Å². The molecule has 0 saturated carbocycles. The lowest BCUT2D eigenvalue weighted by Gasteiger charge is -1.95. The van der Waals surface area contributed by atoms with Crippen molar-refractivity contribution in [2.75, 3.05) is 0 Å². The molecule has 1 nitrogen and oxygen atoms in total. The highest BCUT2D eigenvalue weighted by atomic mass is 79.9. The van der Waals surface area contributed by atoms with E-state index in [0.29, 0.717) is 0 Å². The minimum absolute atomic E-state index is 0. The van der Waals surface area contributed by atoms with Crippen LogP contribution in [0.4, 0.5) is 0 Å². The molecule has 0 saturated heterocycles. The third kappa shape index (κ3) is 3.67. The van der Waals surface area contributed by atoms with Gasteiger partial charge >= 0.3 is 0 Å². The zero-order valence-corrected chi connectivity index (χ0v) is 12.8. The first-order valence-corrected chi connectivity index (χ1v) is 3.69. The summed E-state index contributed by atoms with van der Waals surface area (Å²) in [6, 6.07) is 12.3. The molecule has 0 N–H and O–H groups in total. The number of pyridine rings is 1. The van der Waals surface area contributed by atoms with Crippen LogP contribution in [0.5, 0.6) is 0 Å². The van der Waals surface area contributed by atoms with E-state index in [1.807, 2.05) is 31.2 Å². The van der Waals surface area contributed by atoms with E-state index in [1.54, 1.807) is 0 Å². The summed E-state index contributed by atoms with van der Waals surface area (Å²) in [5.74, 6) is 0. The van der Waals surface area contributed by atoms with Gasteiger partial charge in [-0.3, -0.25) is 4.98 Å². The number of hydrogen-bond donors (Lipinski definition) is 0. The van der Waals surface area contributed by atoms with E-state index in [0.717, 1.165) is 11.2 Å². The van der Waals surface area contributed by atoms with Crippen LogP contribution >= 0.6 is 50.9 Å². The summed E-state index contributed by atoms with van der Waals surface area (Å²) < 4.78 is 0. The van der Waals surface area contributed by atoms with Gasteiger partial charge in [-0.15, -0.1) is 50.9 Å². The highest BCUT2D eigenvalue weighted by molar-refractivity contribution is 8.93. The van der Waals surface area contributed by atoms with E-state index < -0.39 is 0 Å². The minimum atomic E-state index is 0. The van der Waals surface area contributed by atoms with Gasteiger partial charge in [0.25, 0.3) is 0 Å². The highest BCUT2D eigenvalue weighted by Crippen LogP contribution is 2.10. The number of benzene rings is 1. The first-order chi connectivity index (χ1) is 5.36. The van der Waals surface area contributed by atoms with Crippen LogP contribution in [0.3, 0.4) is 0 Å². The third-order valence-corrected chi connectivity index (χ3v) is 1.74. The number of fused-ring (bicyclic) bond motifs is 1. The lowest BCUT2D eigenvalue weighted by atomic mass is 10.2. The predicted molar refractivity (Wildman–Crippen MR) is 77.4 cm³/mol. The fraction of sp³-hybridized carbons (Fsp3) is 0.100. The molecule has 14 heavy (non-hydrogen) atoms. The second-order valence-electron chi connectivity index (χ2n) is 2.65. The molecule has 0 spiro atoms. The Labute approximate surface area is 115 Å². The lowest BCUT2D eigenvalue weighted by molar-refractivity contribution is 1.26. The molecule has 0 aliphatic carbocycles. The molecule has 2 rings (SSSR count). The Morgan fingerprint density at radius 2 is 1.50 bits per heavy atom. The molecule has 78 valence electrons. The molecule has 0 amide bonds. The Balaban J connectivity index is 0. The van der Waals surface area contributed by atoms with Crippen LogP contribution in [0.15, 0.2) is 36.4 Å². The maximum absolute atomic E-state index is 4.38. The normalized spacial score (nSPS) is 8.07. The first kappa shape index (κ1) is 16.5. The van der Waals surface area contributed by atoms with Crippen LogP contribution in [-0.4, -0.2) is 4.98 Å². The zero-order valence-electron chi connectivity index (χ0n) is 7.64. The number of halogens is 3. The van der Waals surface area contributed by atoms with Gasteiger partial charge in [-0.05, 0) is 19.1 Å². The summed E-state index contributed by atoms with van der Waals surface area (Å²) in [5, 5.41) is 1.21. The fourth-order valence-corrected chi connectivity index (χ4v) is 1.17. The van der Waals surface area contributed by atoms with Crippen molar-refractivity contribution in [2.45, 2.75) is 6.92 Å². The van der Waals surface area contributed by atoms with Crippen molar-refractivity contribution in [1.29, 1.82) is 0 Å². The molecule has 4 heteroatoms. The summed E-state index contributed by atoms with van der Waals surface area (Å²) >= 11 is 0. The van der Waals surface area contributed by atoms with Crippen LogP contribution in [0, 0.1) is 6.92 Å². The topological polar surface area (TPSA) is 12.9 Å². The Bertz CT molecular complexity index is 390. The number of nitrogens with zero attached hydrogens (tertiary/aromatic N) is 1. The number of para-hydroxylation sites is 1. The van der Waals surface area contributed by atoms with Crippen LogP contribution < -0.4 is 0 Å². The number of aryl methyl sites for hydroxylation is 1. The third-order valence-electron chi connectivity index (χ3n) is 1.74. The van der Waals surface area contributed by atoms with Crippen LogP contribution in [0.25, 0.3) is 10.9 Å². The van der Waals surface area contributed by atoms with Gasteiger partial charge in [0.05, 0.1) is 5.52 Å². The summed E-state index contributed by atoms with van der Waals surface area (Å²) in [6.45, 7) is 2.01. The predicted octanol–water partition coefficient (Wildman–Crippen LogP) is 4.28. The second kappa shape index (κ2) is 7.37.